The first kappa shape index (κ1) is 15.8. The quantitative estimate of drug-likeness (QED) is 0.854. The van der Waals surface area contributed by atoms with Crippen molar-refractivity contribution in [3.8, 4) is 11.5 Å². The van der Waals surface area contributed by atoms with Gasteiger partial charge in [-0.25, -0.2) is 4.39 Å². The predicted octanol–water partition coefficient (Wildman–Crippen LogP) is 3.90. The molecule has 0 aliphatic carbocycles. The Bertz CT molecular complexity index is 619. The summed E-state index contributed by atoms with van der Waals surface area (Å²) >= 11 is 3.36. The molecule has 0 fully saturated rings. The summed E-state index contributed by atoms with van der Waals surface area (Å²) in [6, 6.07) is 10.5. The lowest BCUT2D eigenvalue weighted by Crippen LogP contribution is -2.13. The molecule has 0 heterocycles. The fourth-order valence-corrected chi connectivity index (χ4v) is 2.49. The van der Waals surface area contributed by atoms with Gasteiger partial charge in [0.05, 0.1) is 14.2 Å². The van der Waals surface area contributed by atoms with E-state index in [2.05, 4.69) is 21.2 Å². The molecule has 0 bridgehead atoms. The predicted molar refractivity (Wildman–Crippen MR) is 84.2 cm³/mol. The lowest BCUT2D eigenvalue weighted by molar-refractivity contribution is 0.354. The lowest BCUT2D eigenvalue weighted by atomic mass is 10.2. The monoisotopic (exact) mass is 353 g/mol. The van der Waals surface area contributed by atoms with E-state index in [1.165, 1.54) is 12.1 Å². The minimum absolute atomic E-state index is 0.245. The van der Waals surface area contributed by atoms with Crippen LogP contribution in [0.3, 0.4) is 0 Å². The molecule has 1 N–H and O–H groups in total. The second kappa shape index (κ2) is 7.43. The number of benzene rings is 2. The van der Waals surface area contributed by atoms with Gasteiger partial charge in [-0.3, -0.25) is 0 Å². The summed E-state index contributed by atoms with van der Waals surface area (Å²) in [5.41, 5.74) is 2.10. The third-order valence-electron chi connectivity index (χ3n) is 3.11. The maximum Gasteiger partial charge on any atom is 0.161 e. The molecule has 0 aromatic heterocycles. The molecular formula is C16H17BrFNO2. The number of halogens is 2. The van der Waals surface area contributed by atoms with Crippen LogP contribution in [0.4, 0.5) is 4.39 Å². The topological polar surface area (TPSA) is 30.5 Å². The van der Waals surface area contributed by atoms with Crippen LogP contribution in [-0.4, -0.2) is 14.2 Å². The molecule has 0 spiro atoms. The molecule has 112 valence electrons. The van der Waals surface area contributed by atoms with Crippen LogP contribution < -0.4 is 14.8 Å². The van der Waals surface area contributed by atoms with Crippen LogP contribution in [0.15, 0.2) is 40.9 Å². The van der Waals surface area contributed by atoms with Crippen molar-refractivity contribution in [3.63, 3.8) is 0 Å². The first-order chi connectivity index (χ1) is 10.1. The Morgan fingerprint density at radius 3 is 2.43 bits per heavy atom. The number of nitrogens with one attached hydrogen (secondary N) is 1. The van der Waals surface area contributed by atoms with Gasteiger partial charge in [0.1, 0.15) is 5.82 Å². The van der Waals surface area contributed by atoms with Crippen molar-refractivity contribution >= 4 is 15.9 Å². The van der Waals surface area contributed by atoms with Crippen molar-refractivity contribution < 1.29 is 13.9 Å². The SMILES string of the molecule is COc1ccc(CNCc2ccc(F)cc2Br)cc1OC. The molecular weight excluding hydrogens is 337 g/mol. The standard InChI is InChI=1S/C16H17BrFNO2/c1-20-15-6-3-11(7-16(15)21-2)9-19-10-12-4-5-13(18)8-14(12)17/h3-8,19H,9-10H2,1-2H3. The summed E-state index contributed by atoms with van der Waals surface area (Å²) in [5.74, 6) is 1.17. The highest BCUT2D eigenvalue weighted by Gasteiger charge is 2.05. The van der Waals surface area contributed by atoms with Crippen molar-refractivity contribution in [3.05, 3.63) is 57.8 Å². The van der Waals surface area contributed by atoms with E-state index >= 15 is 0 Å². The van der Waals surface area contributed by atoms with Crippen LogP contribution >= 0.6 is 15.9 Å². The van der Waals surface area contributed by atoms with Crippen LogP contribution in [0.2, 0.25) is 0 Å². The molecule has 0 unspecified atom stereocenters. The van der Waals surface area contributed by atoms with Gasteiger partial charge in [-0.2, -0.15) is 0 Å². The fraction of sp³-hybridized carbons (Fsp3) is 0.250. The van der Waals surface area contributed by atoms with E-state index in [0.717, 1.165) is 15.6 Å². The summed E-state index contributed by atoms with van der Waals surface area (Å²) in [7, 11) is 3.23. The third-order valence-corrected chi connectivity index (χ3v) is 3.85. The number of hydrogen-bond acceptors (Lipinski definition) is 3. The van der Waals surface area contributed by atoms with E-state index in [1.807, 2.05) is 18.2 Å². The normalized spacial score (nSPS) is 10.5. The highest BCUT2D eigenvalue weighted by molar-refractivity contribution is 9.10. The molecule has 2 aromatic rings. The minimum Gasteiger partial charge on any atom is -0.493 e. The number of ether oxygens (including phenoxy) is 2. The second-order valence-corrected chi connectivity index (χ2v) is 5.38. The summed E-state index contributed by atoms with van der Waals surface area (Å²) < 4.78 is 24.3. The molecule has 21 heavy (non-hydrogen) atoms. The summed E-state index contributed by atoms with van der Waals surface area (Å²) in [5, 5.41) is 3.32. The molecule has 0 saturated heterocycles. The van der Waals surface area contributed by atoms with Gasteiger partial charge in [-0.05, 0) is 35.4 Å². The second-order valence-electron chi connectivity index (χ2n) is 4.53. The van der Waals surface area contributed by atoms with Crippen molar-refractivity contribution in [1.82, 2.24) is 5.32 Å². The number of hydrogen-bond donors (Lipinski definition) is 1. The van der Waals surface area contributed by atoms with Gasteiger partial charge >= 0.3 is 0 Å². The van der Waals surface area contributed by atoms with Crippen LogP contribution in [0, 0.1) is 5.82 Å². The maximum absolute atomic E-state index is 13.0. The van der Waals surface area contributed by atoms with Crippen LogP contribution in [-0.2, 0) is 13.1 Å². The Morgan fingerprint density at radius 2 is 1.76 bits per heavy atom. The zero-order valence-corrected chi connectivity index (χ0v) is 13.5. The molecule has 5 heteroatoms. The van der Waals surface area contributed by atoms with E-state index in [4.69, 9.17) is 9.47 Å². The third kappa shape index (κ3) is 4.19. The summed E-state index contributed by atoms with van der Waals surface area (Å²) in [6.45, 7) is 1.33. The van der Waals surface area contributed by atoms with Gasteiger partial charge in [0.2, 0.25) is 0 Å². The highest BCUT2D eigenvalue weighted by atomic mass is 79.9. The van der Waals surface area contributed by atoms with E-state index < -0.39 is 0 Å². The molecule has 0 atom stereocenters. The molecule has 2 rings (SSSR count). The molecule has 0 radical (unpaired) electrons. The zero-order chi connectivity index (χ0) is 15.2. The molecule has 0 aliphatic heterocycles. The first-order valence-corrected chi connectivity index (χ1v) is 7.29. The zero-order valence-electron chi connectivity index (χ0n) is 12.0. The van der Waals surface area contributed by atoms with Crippen LogP contribution in [0.1, 0.15) is 11.1 Å². The molecule has 0 saturated carbocycles. The Kier molecular flexibility index (Phi) is 5.59. The van der Waals surface area contributed by atoms with Gasteiger partial charge in [0, 0.05) is 17.6 Å². The van der Waals surface area contributed by atoms with Gasteiger partial charge < -0.3 is 14.8 Å². The van der Waals surface area contributed by atoms with Gasteiger partial charge in [-0.15, -0.1) is 0 Å². The Labute approximate surface area is 132 Å². The van der Waals surface area contributed by atoms with Crippen molar-refractivity contribution in [2.24, 2.45) is 0 Å². The van der Waals surface area contributed by atoms with E-state index in [-0.39, 0.29) is 5.82 Å². The van der Waals surface area contributed by atoms with Gasteiger partial charge in [0.25, 0.3) is 0 Å². The fourth-order valence-electron chi connectivity index (χ4n) is 2.00. The Balaban J connectivity index is 1.97. The Morgan fingerprint density at radius 1 is 1.00 bits per heavy atom. The largest absolute Gasteiger partial charge is 0.493 e. The van der Waals surface area contributed by atoms with Crippen LogP contribution in [0.5, 0.6) is 11.5 Å². The first-order valence-electron chi connectivity index (χ1n) is 6.49. The van der Waals surface area contributed by atoms with Crippen molar-refractivity contribution in [1.29, 1.82) is 0 Å². The molecule has 0 amide bonds. The van der Waals surface area contributed by atoms with E-state index in [9.17, 15) is 4.39 Å². The molecule has 2 aromatic carbocycles. The van der Waals surface area contributed by atoms with Crippen LogP contribution in [0.25, 0.3) is 0 Å². The van der Waals surface area contributed by atoms with Crippen molar-refractivity contribution in [2.75, 3.05) is 14.2 Å². The maximum atomic E-state index is 13.0. The number of methoxy groups -OCH3 is 2. The minimum atomic E-state index is -0.245. The molecule has 3 nitrogen and oxygen atoms in total. The lowest BCUT2D eigenvalue weighted by Gasteiger charge is -2.11. The average molecular weight is 354 g/mol. The van der Waals surface area contributed by atoms with Gasteiger partial charge in [0.15, 0.2) is 11.5 Å². The summed E-state index contributed by atoms with van der Waals surface area (Å²) in [4.78, 5) is 0. The summed E-state index contributed by atoms with van der Waals surface area (Å²) in [6.07, 6.45) is 0. The highest BCUT2D eigenvalue weighted by Crippen LogP contribution is 2.27. The van der Waals surface area contributed by atoms with Crippen molar-refractivity contribution in [2.45, 2.75) is 13.1 Å². The van der Waals surface area contributed by atoms with E-state index in [0.29, 0.717) is 24.6 Å². The van der Waals surface area contributed by atoms with Gasteiger partial charge in [-0.1, -0.05) is 28.1 Å². The Hall–Kier alpha value is -1.59. The number of rotatable bonds is 6. The molecule has 0 aliphatic rings. The van der Waals surface area contributed by atoms with E-state index in [1.54, 1.807) is 20.3 Å². The average Bonchev–Trinajstić information content (AvgIpc) is 2.49. The smallest absolute Gasteiger partial charge is 0.161 e.